The third kappa shape index (κ3) is 4.12. The highest BCUT2D eigenvalue weighted by atomic mass is 35.5. The highest BCUT2D eigenvalue weighted by Crippen LogP contribution is 2.32. The van der Waals surface area contributed by atoms with Crippen molar-refractivity contribution in [2.75, 3.05) is 31.1 Å². The Labute approximate surface area is 145 Å². The summed E-state index contributed by atoms with van der Waals surface area (Å²) in [6, 6.07) is 4.04. The van der Waals surface area contributed by atoms with E-state index in [2.05, 4.69) is 33.2 Å². The molecule has 0 unspecified atom stereocenters. The molecule has 1 aliphatic rings. The van der Waals surface area contributed by atoms with Crippen LogP contribution in [0.1, 0.15) is 20.3 Å². The number of fused-ring (bicyclic) bond motifs is 1. The molecule has 7 heteroatoms. The summed E-state index contributed by atoms with van der Waals surface area (Å²) in [5, 5.41) is 14.8. The Morgan fingerprint density at radius 2 is 2.09 bits per heavy atom. The number of H-pyrrole nitrogens is 1. The molecule has 1 aromatic carbocycles. The minimum Gasteiger partial charge on any atom is -0.393 e. The summed E-state index contributed by atoms with van der Waals surface area (Å²) in [5.74, 6) is 0. The van der Waals surface area contributed by atoms with Crippen molar-refractivity contribution >= 4 is 40.1 Å². The van der Waals surface area contributed by atoms with Gasteiger partial charge in [-0.1, -0.05) is 30.3 Å². The van der Waals surface area contributed by atoms with E-state index in [1.54, 1.807) is 11.8 Å². The maximum Gasteiger partial charge on any atom is 0.166 e. The van der Waals surface area contributed by atoms with Crippen LogP contribution in [0.25, 0.3) is 11.0 Å². The number of aromatic nitrogens is 2. The molecule has 0 bridgehead atoms. The summed E-state index contributed by atoms with van der Waals surface area (Å²) in [7, 11) is 0. The van der Waals surface area contributed by atoms with Crippen LogP contribution in [0.5, 0.6) is 0 Å². The van der Waals surface area contributed by atoms with E-state index in [4.69, 9.17) is 11.6 Å². The zero-order valence-corrected chi connectivity index (χ0v) is 15.0. The Bertz CT molecular complexity index is 669. The van der Waals surface area contributed by atoms with Crippen molar-refractivity contribution in [1.29, 1.82) is 0 Å². The Hall–Kier alpha value is -0.950. The molecule has 0 amide bonds. The predicted octanol–water partition coefficient (Wildman–Crippen LogP) is 2.88. The van der Waals surface area contributed by atoms with Crippen LogP contribution in [-0.2, 0) is 0 Å². The number of anilines is 1. The van der Waals surface area contributed by atoms with Gasteiger partial charge in [-0.05, 0) is 25.5 Å². The lowest BCUT2D eigenvalue weighted by Crippen LogP contribution is -2.43. The van der Waals surface area contributed by atoms with Gasteiger partial charge in [-0.25, -0.2) is 4.98 Å². The molecule has 1 aromatic heterocycles. The van der Waals surface area contributed by atoms with Gasteiger partial charge in [0.05, 0.1) is 27.8 Å². The average Bonchev–Trinajstić information content (AvgIpc) is 2.87. The standard InChI is InChI=1S/C16H23ClN4OS/c1-10(22)7-11(2)23-16-19-13-8-12(17)15(9-14(13)20-16)21-5-3-18-4-6-21/h8-11,18,22H,3-7H2,1-2H3,(H,19,20)/t10-,11-/m0/s1. The zero-order chi connectivity index (χ0) is 16.4. The summed E-state index contributed by atoms with van der Waals surface area (Å²) in [6.45, 7) is 7.80. The lowest BCUT2D eigenvalue weighted by atomic mass is 10.2. The second-order valence-electron chi connectivity index (χ2n) is 6.11. The second-order valence-corrected chi connectivity index (χ2v) is 7.95. The second kappa shape index (κ2) is 7.30. The fourth-order valence-corrected chi connectivity index (χ4v) is 4.28. The van der Waals surface area contributed by atoms with Gasteiger partial charge < -0.3 is 20.3 Å². The van der Waals surface area contributed by atoms with Crippen molar-refractivity contribution in [3.8, 4) is 0 Å². The molecule has 0 aliphatic carbocycles. The number of nitrogens with one attached hydrogen (secondary N) is 2. The van der Waals surface area contributed by atoms with Gasteiger partial charge in [0.2, 0.25) is 0 Å². The van der Waals surface area contributed by atoms with Crippen LogP contribution < -0.4 is 10.2 Å². The fraction of sp³-hybridized carbons (Fsp3) is 0.562. The number of hydrogen-bond donors (Lipinski definition) is 3. The van der Waals surface area contributed by atoms with Crippen LogP contribution in [0, 0.1) is 0 Å². The highest BCUT2D eigenvalue weighted by molar-refractivity contribution is 7.99. The molecule has 2 atom stereocenters. The Morgan fingerprint density at radius 1 is 1.35 bits per heavy atom. The normalized spacial score (nSPS) is 18.3. The number of aliphatic hydroxyl groups is 1. The van der Waals surface area contributed by atoms with Gasteiger partial charge >= 0.3 is 0 Å². The van der Waals surface area contributed by atoms with Gasteiger partial charge in [0, 0.05) is 31.4 Å². The van der Waals surface area contributed by atoms with Gasteiger partial charge in [0.1, 0.15) is 0 Å². The topological polar surface area (TPSA) is 64.2 Å². The molecule has 1 fully saturated rings. The summed E-state index contributed by atoms with van der Waals surface area (Å²) in [6.07, 6.45) is 0.449. The van der Waals surface area contributed by atoms with Crippen molar-refractivity contribution in [3.63, 3.8) is 0 Å². The van der Waals surface area contributed by atoms with E-state index in [-0.39, 0.29) is 6.10 Å². The molecule has 0 radical (unpaired) electrons. The van der Waals surface area contributed by atoms with Crippen LogP contribution >= 0.6 is 23.4 Å². The maximum absolute atomic E-state index is 9.49. The van der Waals surface area contributed by atoms with Crippen molar-refractivity contribution in [3.05, 3.63) is 17.2 Å². The number of nitrogens with zero attached hydrogens (tertiary/aromatic N) is 2. The molecule has 3 rings (SSSR count). The smallest absolute Gasteiger partial charge is 0.166 e. The third-order valence-corrected chi connectivity index (χ3v) is 5.29. The number of benzene rings is 1. The lowest BCUT2D eigenvalue weighted by molar-refractivity contribution is 0.185. The Morgan fingerprint density at radius 3 is 2.78 bits per heavy atom. The van der Waals surface area contributed by atoms with Gasteiger partial charge in [-0.2, -0.15) is 0 Å². The molecule has 1 aliphatic heterocycles. The number of hydrogen-bond acceptors (Lipinski definition) is 5. The maximum atomic E-state index is 9.49. The molecule has 0 spiro atoms. The number of aromatic amines is 1. The number of halogens is 1. The molecule has 2 aromatic rings. The van der Waals surface area contributed by atoms with E-state index in [1.807, 2.05) is 13.0 Å². The average molecular weight is 355 g/mol. The minimum atomic E-state index is -0.296. The van der Waals surface area contributed by atoms with Crippen molar-refractivity contribution < 1.29 is 5.11 Å². The van der Waals surface area contributed by atoms with E-state index >= 15 is 0 Å². The molecular weight excluding hydrogens is 332 g/mol. The first-order chi connectivity index (χ1) is 11.0. The van der Waals surface area contributed by atoms with Gasteiger partial charge in [0.15, 0.2) is 5.16 Å². The van der Waals surface area contributed by atoms with Crippen LogP contribution in [0.3, 0.4) is 0 Å². The highest BCUT2D eigenvalue weighted by Gasteiger charge is 2.17. The summed E-state index contributed by atoms with van der Waals surface area (Å²) >= 11 is 8.12. The number of piperazine rings is 1. The van der Waals surface area contributed by atoms with E-state index in [0.29, 0.717) is 5.25 Å². The largest absolute Gasteiger partial charge is 0.393 e. The first kappa shape index (κ1) is 16.9. The predicted molar refractivity (Wildman–Crippen MR) is 97.8 cm³/mol. The monoisotopic (exact) mass is 354 g/mol. The van der Waals surface area contributed by atoms with Crippen LogP contribution in [0.2, 0.25) is 5.02 Å². The van der Waals surface area contributed by atoms with E-state index < -0.39 is 0 Å². The Balaban J connectivity index is 1.82. The molecule has 126 valence electrons. The summed E-state index contributed by atoms with van der Waals surface area (Å²) < 4.78 is 0. The van der Waals surface area contributed by atoms with Crippen molar-refractivity contribution in [2.24, 2.45) is 0 Å². The fourth-order valence-electron chi connectivity index (χ4n) is 2.92. The SMILES string of the molecule is C[C@H](O)C[C@H](C)Sc1nc2cc(N3CCNCC3)c(Cl)cc2[nH]1. The third-order valence-electron chi connectivity index (χ3n) is 3.97. The first-order valence-corrected chi connectivity index (χ1v) is 9.28. The number of imidazole rings is 1. The molecular formula is C16H23ClN4OS. The van der Waals surface area contributed by atoms with E-state index in [0.717, 1.165) is 59.5 Å². The lowest BCUT2D eigenvalue weighted by Gasteiger charge is -2.30. The van der Waals surface area contributed by atoms with Crippen LogP contribution in [0.4, 0.5) is 5.69 Å². The number of thioether (sulfide) groups is 1. The van der Waals surface area contributed by atoms with Crippen molar-refractivity contribution in [2.45, 2.75) is 36.8 Å². The van der Waals surface area contributed by atoms with Crippen molar-refractivity contribution in [1.82, 2.24) is 15.3 Å². The van der Waals surface area contributed by atoms with Gasteiger partial charge in [-0.15, -0.1) is 0 Å². The minimum absolute atomic E-state index is 0.296. The molecule has 1 saturated heterocycles. The summed E-state index contributed by atoms with van der Waals surface area (Å²) in [5.41, 5.74) is 2.95. The number of rotatable bonds is 5. The van der Waals surface area contributed by atoms with E-state index in [1.165, 1.54) is 0 Å². The van der Waals surface area contributed by atoms with Crippen LogP contribution in [-0.4, -0.2) is 52.6 Å². The molecule has 2 heterocycles. The molecule has 23 heavy (non-hydrogen) atoms. The van der Waals surface area contributed by atoms with Crippen LogP contribution in [0.15, 0.2) is 17.3 Å². The summed E-state index contributed by atoms with van der Waals surface area (Å²) in [4.78, 5) is 10.3. The first-order valence-electron chi connectivity index (χ1n) is 8.02. The Kier molecular flexibility index (Phi) is 5.36. The number of aliphatic hydroxyl groups excluding tert-OH is 1. The van der Waals surface area contributed by atoms with Gasteiger partial charge in [-0.3, -0.25) is 0 Å². The quantitative estimate of drug-likeness (QED) is 0.720. The molecule has 0 saturated carbocycles. The zero-order valence-electron chi connectivity index (χ0n) is 13.5. The molecule has 3 N–H and O–H groups in total. The molecule has 5 nitrogen and oxygen atoms in total. The van der Waals surface area contributed by atoms with Gasteiger partial charge in [0.25, 0.3) is 0 Å². The van der Waals surface area contributed by atoms with E-state index in [9.17, 15) is 5.11 Å².